The Bertz CT molecular complexity index is 560. The molecule has 2 rings (SSSR count). The highest BCUT2D eigenvalue weighted by molar-refractivity contribution is 6.07. The second-order valence-electron chi connectivity index (χ2n) is 4.08. The largest absolute Gasteiger partial charge is 0.418 e. The van der Waals surface area contributed by atoms with E-state index in [1.165, 1.54) is 6.07 Å². The summed E-state index contributed by atoms with van der Waals surface area (Å²) < 4.78 is 45.9. The van der Waals surface area contributed by atoms with E-state index in [-0.39, 0.29) is 6.42 Å². The quantitative estimate of drug-likeness (QED) is 0.807. The van der Waals surface area contributed by atoms with Gasteiger partial charge in [-0.2, -0.15) is 13.2 Å². The summed E-state index contributed by atoms with van der Waals surface area (Å²) in [6, 6.07) is 2.56. The normalized spacial score (nSPS) is 19.8. The van der Waals surface area contributed by atoms with Crippen LogP contribution in [0, 0.1) is 5.92 Å². The summed E-state index contributed by atoms with van der Waals surface area (Å²) >= 11 is 0. The van der Waals surface area contributed by atoms with Gasteiger partial charge in [-0.1, -0.05) is 12.1 Å². The van der Waals surface area contributed by atoms with E-state index in [1.54, 1.807) is 0 Å². The molecule has 1 heterocycles. The summed E-state index contributed by atoms with van der Waals surface area (Å²) in [5.41, 5.74) is -1.72. The van der Waals surface area contributed by atoms with Crippen LogP contribution in [0.25, 0.3) is 0 Å². The maximum absolute atomic E-state index is 12.9. The van der Waals surface area contributed by atoms with E-state index in [2.05, 4.69) is 10.6 Å². The number of para-hydroxylation sites is 1. The van der Waals surface area contributed by atoms with Gasteiger partial charge in [0.15, 0.2) is 0 Å². The second kappa shape index (κ2) is 4.91. The van der Waals surface area contributed by atoms with Gasteiger partial charge in [0.25, 0.3) is 0 Å². The Morgan fingerprint density at radius 3 is 2.79 bits per heavy atom. The Kier molecular flexibility index (Phi) is 3.10. The van der Waals surface area contributed by atoms with Crippen molar-refractivity contribution >= 4 is 17.5 Å². The summed E-state index contributed by atoms with van der Waals surface area (Å²) in [4.78, 5) is 23.1. The van der Waals surface area contributed by atoms with Gasteiger partial charge in [-0.25, -0.2) is 0 Å². The Morgan fingerprint density at radius 1 is 1.47 bits per heavy atom. The van der Waals surface area contributed by atoms with Crippen molar-refractivity contribution < 1.29 is 24.1 Å². The molecule has 0 spiro atoms. The fourth-order valence-corrected chi connectivity index (χ4v) is 1.84. The van der Waals surface area contributed by atoms with Gasteiger partial charge in [0, 0.05) is 6.54 Å². The summed E-state index contributed by atoms with van der Waals surface area (Å²) in [7, 11) is 0. The lowest BCUT2D eigenvalue weighted by molar-refractivity contribution is -0.137. The first-order valence-corrected chi connectivity index (χ1v) is 5.56. The lowest BCUT2D eigenvalue weighted by Crippen LogP contribution is -2.30. The van der Waals surface area contributed by atoms with Gasteiger partial charge in [0.1, 0.15) is 5.92 Å². The topological polar surface area (TPSA) is 58.2 Å². The summed E-state index contributed by atoms with van der Waals surface area (Å²) in [5.74, 6) is -2.29. The van der Waals surface area contributed by atoms with Crippen LogP contribution in [0.1, 0.15) is 13.4 Å². The van der Waals surface area contributed by atoms with Crippen LogP contribution in [0.5, 0.6) is 0 Å². The second-order valence-corrected chi connectivity index (χ2v) is 4.08. The highest BCUT2D eigenvalue weighted by atomic mass is 19.4. The van der Waals surface area contributed by atoms with Gasteiger partial charge in [-0.3, -0.25) is 9.59 Å². The maximum Gasteiger partial charge on any atom is 0.418 e. The highest BCUT2D eigenvalue weighted by Gasteiger charge is 2.35. The molecule has 1 aliphatic heterocycles. The lowest BCUT2D eigenvalue weighted by atomic mass is 10.1. The van der Waals surface area contributed by atoms with Crippen molar-refractivity contribution in [2.75, 3.05) is 11.9 Å². The van der Waals surface area contributed by atoms with E-state index < -0.39 is 41.2 Å². The number of alkyl halides is 3. The molecule has 1 atom stereocenters. The van der Waals surface area contributed by atoms with Crippen molar-refractivity contribution in [3.05, 3.63) is 29.8 Å². The zero-order valence-corrected chi connectivity index (χ0v) is 9.67. The molecule has 2 N–H and O–H groups in total. The standard InChI is InChI=1S/C12H11F3N2O2/c13-12(14,15)8-3-1-2-4-9(8)17-11(19)7-5-6-16-10(7)18/h1-4,7H,5-6H2,(H,16,18)(H,17,19)/i3D. The minimum Gasteiger partial charge on any atom is -0.355 e. The zero-order chi connectivity index (χ0) is 14.9. The average molecular weight is 273 g/mol. The predicted octanol–water partition coefficient (Wildman–Crippen LogP) is 1.78. The molecule has 2 amide bonds. The molecule has 1 aromatic carbocycles. The smallest absolute Gasteiger partial charge is 0.355 e. The van der Waals surface area contributed by atoms with Crippen LogP contribution < -0.4 is 10.6 Å². The minimum atomic E-state index is -4.75. The fourth-order valence-electron chi connectivity index (χ4n) is 1.84. The van der Waals surface area contributed by atoms with Crippen molar-refractivity contribution in [3.63, 3.8) is 0 Å². The van der Waals surface area contributed by atoms with Crippen LogP contribution in [0.2, 0.25) is 0 Å². The Balaban J connectivity index is 2.28. The van der Waals surface area contributed by atoms with Crippen LogP contribution >= 0.6 is 0 Å². The molecule has 0 bridgehead atoms. The number of hydrogen-bond acceptors (Lipinski definition) is 2. The lowest BCUT2D eigenvalue weighted by Gasteiger charge is -2.14. The number of benzene rings is 1. The molecule has 0 aliphatic carbocycles. The SMILES string of the molecule is [2H]c1cccc(NC(=O)C2CCNC2=O)c1C(F)(F)F. The van der Waals surface area contributed by atoms with E-state index in [9.17, 15) is 22.8 Å². The van der Waals surface area contributed by atoms with Gasteiger partial charge >= 0.3 is 6.18 Å². The highest BCUT2D eigenvalue weighted by Crippen LogP contribution is 2.34. The van der Waals surface area contributed by atoms with Gasteiger partial charge < -0.3 is 10.6 Å². The van der Waals surface area contributed by atoms with E-state index in [1.807, 2.05) is 0 Å². The molecule has 0 saturated carbocycles. The maximum atomic E-state index is 12.9. The van der Waals surface area contributed by atoms with Crippen molar-refractivity contribution in [2.45, 2.75) is 12.6 Å². The number of nitrogens with one attached hydrogen (secondary N) is 2. The van der Waals surface area contributed by atoms with Crippen molar-refractivity contribution in [2.24, 2.45) is 5.92 Å². The van der Waals surface area contributed by atoms with Crippen LogP contribution in [-0.4, -0.2) is 18.4 Å². The molecule has 1 fully saturated rings. The first-order chi connectivity index (χ1) is 9.30. The van der Waals surface area contributed by atoms with Crippen LogP contribution in [0.3, 0.4) is 0 Å². The van der Waals surface area contributed by atoms with Crippen LogP contribution in [-0.2, 0) is 15.8 Å². The number of rotatable bonds is 2. The van der Waals surface area contributed by atoms with Gasteiger partial charge in [-0.15, -0.1) is 0 Å². The molecular weight excluding hydrogens is 261 g/mol. The van der Waals surface area contributed by atoms with E-state index >= 15 is 0 Å². The first-order valence-electron chi connectivity index (χ1n) is 6.06. The predicted molar refractivity (Wildman–Crippen MR) is 61.2 cm³/mol. The summed E-state index contributed by atoms with van der Waals surface area (Å²) in [6.45, 7) is 0.321. The molecule has 1 saturated heterocycles. The van der Waals surface area contributed by atoms with Gasteiger partial charge in [0.2, 0.25) is 11.8 Å². The number of carbonyl (C=O) groups excluding carboxylic acids is 2. The fraction of sp³-hybridized carbons (Fsp3) is 0.333. The Hall–Kier alpha value is -2.05. The third-order valence-electron chi connectivity index (χ3n) is 2.76. The molecule has 1 aromatic rings. The molecule has 0 aromatic heterocycles. The monoisotopic (exact) mass is 273 g/mol. The molecule has 4 nitrogen and oxygen atoms in total. The van der Waals surface area contributed by atoms with Crippen LogP contribution in [0.4, 0.5) is 18.9 Å². The molecule has 7 heteroatoms. The molecular formula is C12H11F3N2O2. The number of amides is 2. The number of hydrogen-bond donors (Lipinski definition) is 2. The molecule has 0 radical (unpaired) electrons. The molecule has 102 valence electrons. The van der Waals surface area contributed by atoms with E-state index in [0.717, 1.165) is 12.1 Å². The molecule has 19 heavy (non-hydrogen) atoms. The van der Waals surface area contributed by atoms with Crippen molar-refractivity contribution in [1.29, 1.82) is 0 Å². The number of carbonyl (C=O) groups is 2. The van der Waals surface area contributed by atoms with Crippen molar-refractivity contribution in [3.8, 4) is 0 Å². The first kappa shape index (κ1) is 12.0. The van der Waals surface area contributed by atoms with E-state index in [0.29, 0.717) is 6.54 Å². The number of halogens is 3. The zero-order valence-electron chi connectivity index (χ0n) is 10.7. The third kappa shape index (κ3) is 2.86. The average Bonchev–Trinajstić information content (AvgIpc) is 2.73. The van der Waals surface area contributed by atoms with Crippen LogP contribution in [0.15, 0.2) is 24.2 Å². The summed E-state index contributed by atoms with van der Waals surface area (Å²) in [6.07, 6.45) is -4.51. The Morgan fingerprint density at radius 2 is 2.21 bits per heavy atom. The molecule has 1 aliphatic rings. The van der Waals surface area contributed by atoms with Gasteiger partial charge in [0.05, 0.1) is 12.6 Å². The Labute approximate surface area is 108 Å². The van der Waals surface area contributed by atoms with E-state index in [4.69, 9.17) is 1.37 Å². The number of anilines is 1. The third-order valence-corrected chi connectivity index (χ3v) is 2.76. The van der Waals surface area contributed by atoms with Gasteiger partial charge in [-0.05, 0) is 18.5 Å². The van der Waals surface area contributed by atoms with Crippen molar-refractivity contribution in [1.82, 2.24) is 5.32 Å². The molecule has 1 unspecified atom stereocenters. The summed E-state index contributed by atoms with van der Waals surface area (Å²) in [5, 5.41) is 4.52. The minimum absolute atomic E-state index is 0.243.